The molecule has 1 aromatic rings. The molecule has 0 radical (unpaired) electrons. The lowest BCUT2D eigenvalue weighted by Gasteiger charge is -2.10. The molecule has 0 spiro atoms. The molecule has 1 rings (SSSR count). The van der Waals surface area contributed by atoms with Crippen LogP contribution in [0, 0.1) is 0 Å². The van der Waals surface area contributed by atoms with Crippen LogP contribution in [0.2, 0.25) is 5.02 Å². The number of rotatable bonds is 6. The first kappa shape index (κ1) is 16.7. The van der Waals surface area contributed by atoms with Gasteiger partial charge >= 0.3 is 0 Å². The van der Waals surface area contributed by atoms with E-state index in [9.17, 15) is 0 Å². The maximum Gasteiger partial charge on any atom is 0.186 e. The van der Waals surface area contributed by atoms with Crippen LogP contribution < -0.4 is 15.5 Å². The standard InChI is InChI=1S/C14H20ClN3OS/c1-4-5-8-16-14(20)18-17-10(2)12-9-11(15)6-7-13(12)19-3/h6-7,9H,4-5,8H2,1-3H3,(H2,16,18,20)/b17-10-. The number of thiocarbonyl (C=S) groups is 1. The number of methoxy groups -OCH3 is 1. The molecule has 0 bridgehead atoms. The van der Waals surface area contributed by atoms with Crippen LogP contribution in [0.4, 0.5) is 0 Å². The van der Waals surface area contributed by atoms with Gasteiger partial charge in [-0.05, 0) is 43.8 Å². The first-order valence-corrected chi connectivity index (χ1v) is 7.29. The Morgan fingerprint density at radius 2 is 2.20 bits per heavy atom. The minimum atomic E-state index is 0.513. The van der Waals surface area contributed by atoms with Gasteiger partial charge in [0.2, 0.25) is 0 Å². The molecule has 0 heterocycles. The molecule has 0 saturated heterocycles. The van der Waals surface area contributed by atoms with Crippen LogP contribution in [0.5, 0.6) is 5.75 Å². The molecule has 1 aromatic carbocycles. The summed E-state index contributed by atoms with van der Waals surface area (Å²) in [4.78, 5) is 0. The Bertz CT molecular complexity index is 491. The molecule has 6 heteroatoms. The van der Waals surface area contributed by atoms with Crippen LogP contribution >= 0.6 is 23.8 Å². The average molecular weight is 314 g/mol. The summed E-state index contributed by atoms with van der Waals surface area (Å²) in [5.74, 6) is 0.724. The zero-order valence-electron chi connectivity index (χ0n) is 12.0. The van der Waals surface area contributed by atoms with Crippen LogP contribution in [-0.2, 0) is 0 Å². The second kappa shape index (κ2) is 8.76. The summed E-state index contributed by atoms with van der Waals surface area (Å²) >= 11 is 11.1. The molecular weight excluding hydrogens is 294 g/mol. The topological polar surface area (TPSA) is 45.7 Å². The van der Waals surface area contributed by atoms with Gasteiger partial charge in [-0.15, -0.1) is 0 Å². The number of halogens is 1. The quantitative estimate of drug-likeness (QED) is 0.366. The summed E-state index contributed by atoms with van der Waals surface area (Å²) in [6, 6.07) is 5.41. The van der Waals surface area contributed by atoms with E-state index in [0.717, 1.165) is 36.4 Å². The fourth-order valence-corrected chi connectivity index (χ4v) is 1.90. The van der Waals surface area contributed by atoms with E-state index in [1.54, 1.807) is 13.2 Å². The SMILES string of the molecule is CCCCNC(=S)N/N=C(/C)c1cc(Cl)ccc1OC. The largest absolute Gasteiger partial charge is 0.496 e. The number of benzene rings is 1. The van der Waals surface area contributed by atoms with Crippen LogP contribution in [0.3, 0.4) is 0 Å². The molecule has 0 amide bonds. The number of nitrogens with zero attached hydrogens (tertiary/aromatic N) is 1. The third-order valence-corrected chi connectivity index (χ3v) is 3.16. The summed E-state index contributed by atoms with van der Waals surface area (Å²) in [5.41, 5.74) is 4.41. The molecule has 0 aliphatic heterocycles. The van der Waals surface area contributed by atoms with E-state index in [2.05, 4.69) is 22.8 Å². The highest BCUT2D eigenvalue weighted by Gasteiger charge is 2.07. The minimum Gasteiger partial charge on any atom is -0.496 e. The summed E-state index contributed by atoms with van der Waals surface area (Å²) in [6.45, 7) is 4.85. The van der Waals surface area contributed by atoms with Gasteiger partial charge < -0.3 is 10.1 Å². The van der Waals surface area contributed by atoms with E-state index in [4.69, 9.17) is 28.6 Å². The van der Waals surface area contributed by atoms with Crippen molar-refractivity contribution in [3.8, 4) is 5.75 Å². The first-order chi connectivity index (χ1) is 9.58. The summed E-state index contributed by atoms with van der Waals surface area (Å²) in [5, 5.41) is 8.48. The fraction of sp³-hybridized carbons (Fsp3) is 0.429. The van der Waals surface area contributed by atoms with Crippen LogP contribution in [0.15, 0.2) is 23.3 Å². The van der Waals surface area contributed by atoms with E-state index in [1.807, 2.05) is 19.1 Å². The number of nitrogens with one attached hydrogen (secondary N) is 2. The van der Waals surface area contributed by atoms with E-state index in [1.165, 1.54) is 0 Å². The smallest absolute Gasteiger partial charge is 0.186 e. The van der Waals surface area contributed by atoms with Crippen LogP contribution in [0.1, 0.15) is 32.3 Å². The van der Waals surface area contributed by atoms with Crippen molar-refractivity contribution >= 4 is 34.6 Å². The van der Waals surface area contributed by atoms with Crippen molar-refractivity contribution < 1.29 is 4.74 Å². The maximum absolute atomic E-state index is 6.00. The van der Waals surface area contributed by atoms with Gasteiger partial charge in [0.05, 0.1) is 12.8 Å². The zero-order valence-corrected chi connectivity index (χ0v) is 13.6. The molecule has 0 atom stereocenters. The highest BCUT2D eigenvalue weighted by Crippen LogP contribution is 2.23. The maximum atomic E-state index is 6.00. The average Bonchev–Trinajstić information content (AvgIpc) is 2.45. The minimum absolute atomic E-state index is 0.513. The molecule has 0 saturated carbocycles. The van der Waals surface area contributed by atoms with Gasteiger partial charge in [-0.1, -0.05) is 24.9 Å². The Labute approximate surface area is 130 Å². The molecule has 2 N–H and O–H groups in total. The molecular formula is C14H20ClN3OS. The Hall–Kier alpha value is -1.33. The predicted molar refractivity (Wildman–Crippen MR) is 88.9 cm³/mol. The first-order valence-electron chi connectivity index (χ1n) is 6.50. The van der Waals surface area contributed by atoms with Crippen molar-refractivity contribution in [2.45, 2.75) is 26.7 Å². The predicted octanol–water partition coefficient (Wildman–Crippen LogP) is 3.34. The summed E-state index contributed by atoms with van der Waals surface area (Å²) < 4.78 is 5.29. The molecule has 110 valence electrons. The summed E-state index contributed by atoms with van der Waals surface area (Å²) in [6.07, 6.45) is 2.20. The van der Waals surface area contributed by atoms with Crippen molar-refractivity contribution in [1.82, 2.24) is 10.7 Å². The molecule has 0 unspecified atom stereocenters. The Morgan fingerprint density at radius 1 is 1.45 bits per heavy atom. The number of ether oxygens (including phenoxy) is 1. The Morgan fingerprint density at radius 3 is 2.85 bits per heavy atom. The van der Waals surface area contributed by atoms with Crippen molar-refractivity contribution in [2.24, 2.45) is 5.10 Å². The highest BCUT2D eigenvalue weighted by molar-refractivity contribution is 7.80. The molecule has 0 aliphatic carbocycles. The van der Waals surface area contributed by atoms with Crippen molar-refractivity contribution in [2.75, 3.05) is 13.7 Å². The van der Waals surface area contributed by atoms with E-state index >= 15 is 0 Å². The van der Waals surface area contributed by atoms with Gasteiger partial charge in [0.15, 0.2) is 5.11 Å². The second-order valence-electron chi connectivity index (χ2n) is 4.26. The van der Waals surface area contributed by atoms with Gasteiger partial charge in [0, 0.05) is 17.1 Å². The normalized spacial score (nSPS) is 11.1. The Balaban J connectivity index is 2.69. The second-order valence-corrected chi connectivity index (χ2v) is 5.11. The number of hydrogen-bond donors (Lipinski definition) is 2. The van der Waals surface area contributed by atoms with Gasteiger partial charge in [-0.25, -0.2) is 0 Å². The number of hydrogen-bond acceptors (Lipinski definition) is 3. The lowest BCUT2D eigenvalue weighted by atomic mass is 10.1. The third kappa shape index (κ3) is 5.35. The monoisotopic (exact) mass is 313 g/mol. The summed E-state index contributed by atoms with van der Waals surface area (Å²) in [7, 11) is 1.62. The Kier molecular flexibility index (Phi) is 7.33. The van der Waals surface area contributed by atoms with Gasteiger partial charge in [-0.3, -0.25) is 5.43 Å². The van der Waals surface area contributed by atoms with Crippen molar-refractivity contribution in [3.05, 3.63) is 28.8 Å². The fourth-order valence-electron chi connectivity index (χ4n) is 1.58. The molecule has 0 aliphatic rings. The molecule has 0 fully saturated rings. The van der Waals surface area contributed by atoms with Crippen LogP contribution in [-0.4, -0.2) is 24.5 Å². The van der Waals surface area contributed by atoms with Gasteiger partial charge in [-0.2, -0.15) is 5.10 Å². The lowest BCUT2D eigenvalue weighted by Crippen LogP contribution is -2.33. The lowest BCUT2D eigenvalue weighted by molar-refractivity contribution is 0.414. The zero-order chi connectivity index (χ0) is 15.0. The van der Waals surface area contributed by atoms with Gasteiger partial charge in [0.25, 0.3) is 0 Å². The van der Waals surface area contributed by atoms with Crippen molar-refractivity contribution in [3.63, 3.8) is 0 Å². The molecule has 20 heavy (non-hydrogen) atoms. The third-order valence-electron chi connectivity index (χ3n) is 2.69. The van der Waals surface area contributed by atoms with Gasteiger partial charge in [0.1, 0.15) is 5.75 Å². The van der Waals surface area contributed by atoms with Crippen LogP contribution in [0.25, 0.3) is 0 Å². The highest BCUT2D eigenvalue weighted by atomic mass is 35.5. The molecule has 4 nitrogen and oxygen atoms in total. The number of unbranched alkanes of at least 4 members (excludes halogenated alkanes) is 1. The van der Waals surface area contributed by atoms with E-state index in [0.29, 0.717) is 10.1 Å². The van der Waals surface area contributed by atoms with Crippen molar-refractivity contribution in [1.29, 1.82) is 0 Å². The van der Waals surface area contributed by atoms with E-state index < -0.39 is 0 Å². The molecule has 0 aromatic heterocycles. The number of hydrazone groups is 1. The van der Waals surface area contributed by atoms with E-state index in [-0.39, 0.29) is 0 Å².